The molecule has 0 aromatic carbocycles. The van der Waals surface area contributed by atoms with E-state index >= 15 is 0 Å². The monoisotopic (exact) mass is 220 g/mol. The zero-order valence-electron chi connectivity index (χ0n) is 8.19. The van der Waals surface area contributed by atoms with E-state index in [1.807, 2.05) is 0 Å². The summed E-state index contributed by atoms with van der Waals surface area (Å²) in [7, 11) is 0. The molecule has 1 unspecified atom stereocenters. The van der Waals surface area contributed by atoms with E-state index in [0.29, 0.717) is 0 Å². The molecule has 0 aromatic rings. The number of aliphatic hydroxyl groups is 4. The second-order valence-corrected chi connectivity index (χ2v) is 3.32. The largest absolute Gasteiger partial charge is 0.394 e. The van der Waals surface area contributed by atoms with Crippen LogP contribution in [0.3, 0.4) is 0 Å². The summed E-state index contributed by atoms with van der Waals surface area (Å²) in [6.07, 6.45) is -4.64. The van der Waals surface area contributed by atoms with Crippen molar-refractivity contribution in [2.45, 2.75) is 30.7 Å². The molecule has 1 aliphatic rings. The predicted molar refractivity (Wildman–Crippen MR) is 49.9 cm³/mol. The average Bonchev–Trinajstić information content (AvgIpc) is 2.25. The summed E-state index contributed by atoms with van der Waals surface area (Å²) >= 11 is 0. The lowest BCUT2D eigenvalue weighted by atomic mass is 9.99. The Hall–Kier alpha value is -0.500. The van der Waals surface area contributed by atoms with Crippen LogP contribution in [0, 0.1) is 0 Å². The first-order valence-electron chi connectivity index (χ1n) is 4.64. The summed E-state index contributed by atoms with van der Waals surface area (Å²) in [6, 6.07) is 0. The molecular weight excluding hydrogens is 204 g/mol. The van der Waals surface area contributed by atoms with Crippen LogP contribution in [0.25, 0.3) is 0 Å². The quantitative estimate of drug-likeness (QED) is 0.408. The van der Waals surface area contributed by atoms with Crippen molar-refractivity contribution in [1.82, 2.24) is 0 Å². The summed E-state index contributed by atoms with van der Waals surface area (Å²) < 4.78 is 10.1. The molecule has 5 atom stereocenters. The van der Waals surface area contributed by atoms with Crippen molar-refractivity contribution >= 4 is 0 Å². The molecule has 1 rings (SSSR count). The van der Waals surface area contributed by atoms with Crippen LogP contribution in [0.2, 0.25) is 0 Å². The molecule has 88 valence electrons. The van der Waals surface area contributed by atoms with Gasteiger partial charge in [-0.25, -0.2) is 0 Å². The van der Waals surface area contributed by atoms with Gasteiger partial charge < -0.3 is 29.9 Å². The average molecular weight is 220 g/mol. The van der Waals surface area contributed by atoms with Gasteiger partial charge in [-0.1, -0.05) is 6.08 Å². The van der Waals surface area contributed by atoms with Crippen LogP contribution in [0.1, 0.15) is 0 Å². The van der Waals surface area contributed by atoms with E-state index in [1.165, 1.54) is 6.08 Å². The highest BCUT2D eigenvalue weighted by atomic mass is 16.7. The highest BCUT2D eigenvalue weighted by molar-refractivity contribution is 4.89. The third-order valence-electron chi connectivity index (χ3n) is 2.23. The molecule has 1 aliphatic heterocycles. The second-order valence-electron chi connectivity index (χ2n) is 3.32. The molecule has 15 heavy (non-hydrogen) atoms. The standard InChI is InChI=1S/C9H16O6/c1-2-3-14-9-8(13)7(12)6(11)5(4-10)15-9/h2,5-13H,1,3-4H2/t5-,6+,7-,8-,9?/m1/s1. The fourth-order valence-electron chi connectivity index (χ4n) is 1.37. The second kappa shape index (κ2) is 5.55. The van der Waals surface area contributed by atoms with Crippen molar-refractivity contribution in [3.8, 4) is 0 Å². The lowest BCUT2D eigenvalue weighted by molar-refractivity contribution is -0.298. The molecule has 0 saturated carbocycles. The molecule has 0 bridgehead atoms. The van der Waals surface area contributed by atoms with E-state index in [0.717, 1.165) is 0 Å². The Morgan fingerprint density at radius 3 is 2.40 bits per heavy atom. The zero-order valence-corrected chi connectivity index (χ0v) is 8.19. The molecule has 0 aromatic heterocycles. The minimum absolute atomic E-state index is 0.142. The molecule has 1 fully saturated rings. The van der Waals surface area contributed by atoms with Gasteiger partial charge in [0.25, 0.3) is 0 Å². The number of hydrogen-bond donors (Lipinski definition) is 4. The zero-order chi connectivity index (χ0) is 11.4. The molecule has 0 spiro atoms. The van der Waals surface area contributed by atoms with Crippen molar-refractivity contribution in [3.63, 3.8) is 0 Å². The number of rotatable bonds is 4. The van der Waals surface area contributed by atoms with Gasteiger partial charge in [0.05, 0.1) is 13.2 Å². The van der Waals surface area contributed by atoms with Crippen molar-refractivity contribution < 1.29 is 29.9 Å². The van der Waals surface area contributed by atoms with Gasteiger partial charge in [0.1, 0.15) is 24.4 Å². The maximum absolute atomic E-state index is 9.47. The maximum Gasteiger partial charge on any atom is 0.187 e. The van der Waals surface area contributed by atoms with Crippen molar-refractivity contribution in [3.05, 3.63) is 12.7 Å². The molecule has 4 N–H and O–H groups in total. The molecule has 1 saturated heterocycles. The van der Waals surface area contributed by atoms with Crippen molar-refractivity contribution in [2.24, 2.45) is 0 Å². The normalized spacial score (nSPS) is 41.5. The van der Waals surface area contributed by atoms with E-state index < -0.39 is 37.3 Å². The minimum atomic E-state index is -1.40. The first-order chi connectivity index (χ1) is 7.11. The summed E-state index contributed by atoms with van der Waals surface area (Å²) in [5.41, 5.74) is 0. The van der Waals surface area contributed by atoms with Crippen molar-refractivity contribution in [1.29, 1.82) is 0 Å². The maximum atomic E-state index is 9.47. The smallest absolute Gasteiger partial charge is 0.187 e. The molecule has 0 aliphatic carbocycles. The third-order valence-corrected chi connectivity index (χ3v) is 2.23. The van der Waals surface area contributed by atoms with Crippen molar-refractivity contribution in [2.75, 3.05) is 13.2 Å². The first-order valence-corrected chi connectivity index (χ1v) is 4.64. The summed E-state index contributed by atoms with van der Waals surface area (Å²) in [4.78, 5) is 0. The third kappa shape index (κ3) is 2.75. The van der Waals surface area contributed by atoms with Gasteiger partial charge in [-0.15, -0.1) is 6.58 Å². The molecule has 6 heteroatoms. The van der Waals surface area contributed by atoms with E-state index in [1.54, 1.807) is 0 Å². The number of ether oxygens (including phenoxy) is 2. The lowest BCUT2D eigenvalue weighted by Crippen LogP contribution is -2.59. The highest BCUT2D eigenvalue weighted by Gasteiger charge is 2.43. The summed E-state index contributed by atoms with van der Waals surface area (Å²) in [5, 5.41) is 37.1. The summed E-state index contributed by atoms with van der Waals surface area (Å²) in [5.74, 6) is 0. The Morgan fingerprint density at radius 2 is 1.87 bits per heavy atom. The van der Waals surface area contributed by atoms with E-state index in [2.05, 4.69) is 6.58 Å². The number of aliphatic hydroxyl groups excluding tert-OH is 4. The minimum Gasteiger partial charge on any atom is -0.394 e. The SMILES string of the molecule is C=CCOC1O[C@H](CO)[C@H](O)[C@@H](O)[C@H]1O. The molecular formula is C9H16O6. The lowest BCUT2D eigenvalue weighted by Gasteiger charge is -2.39. The van der Waals surface area contributed by atoms with Gasteiger partial charge in [0, 0.05) is 0 Å². The Morgan fingerprint density at radius 1 is 1.20 bits per heavy atom. The Bertz CT molecular complexity index is 207. The fraction of sp³-hybridized carbons (Fsp3) is 0.778. The van der Waals surface area contributed by atoms with Crippen LogP contribution in [-0.2, 0) is 9.47 Å². The predicted octanol–water partition coefficient (Wildman–Crippen LogP) is -2.01. The van der Waals surface area contributed by atoms with E-state index in [-0.39, 0.29) is 6.61 Å². The van der Waals surface area contributed by atoms with Gasteiger partial charge in [-0.05, 0) is 0 Å². The molecule has 6 nitrogen and oxygen atoms in total. The van der Waals surface area contributed by atoms with Gasteiger partial charge >= 0.3 is 0 Å². The fourth-order valence-corrected chi connectivity index (χ4v) is 1.37. The van der Waals surface area contributed by atoms with Crippen LogP contribution < -0.4 is 0 Å². The Kier molecular flexibility index (Phi) is 4.65. The van der Waals surface area contributed by atoms with Gasteiger partial charge in [0.2, 0.25) is 0 Å². The topological polar surface area (TPSA) is 99.4 Å². The van der Waals surface area contributed by atoms with Crippen LogP contribution in [0.15, 0.2) is 12.7 Å². The van der Waals surface area contributed by atoms with Crippen LogP contribution >= 0.6 is 0 Å². The molecule has 0 radical (unpaired) electrons. The Balaban J connectivity index is 2.60. The highest BCUT2D eigenvalue weighted by Crippen LogP contribution is 2.21. The van der Waals surface area contributed by atoms with Gasteiger partial charge in [0.15, 0.2) is 6.29 Å². The van der Waals surface area contributed by atoms with E-state index in [4.69, 9.17) is 14.6 Å². The van der Waals surface area contributed by atoms with E-state index in [9.17, 15) is 15.3 Å². The van der Waals surface area contributed by atoms with Crippen LogP contribution in [0.4, 0.5) is 0 Å². The summed E-state index contributed by atoms with van der Waals surface area (Å²) in [6.45, 7) is 3.10. The molecule has 0 amide bonds. The van der Waals surface area contributed by atoms with Gasteiger partial charge in [-0.3, -0.25) is 0 Å². The molecule has 1 heterocycles. The van der Waals surface area contributed by atoms with Crippen LogP contribution in [0.5, 0.6) is 0 Å². The Labute approximate surface area is 87.4 Å². The van der Waals surface area contributed by atoms with Crippen LogP contribution in [-0.4, -0.2) is 64.3 Å². The number of hydrogen-bond acceptors (Lipinski definition) is 6. The first kappa shape index (κ1) is 12.6. The van der Waals surface area contributed by atoms with Gasteiger partial charge in [-0.2, -0.15) is 0 Å².